The number of aliphatic carboxylic acids is 1. The summed E-state index contributed by atoms with van der Waals surface area (Å²) in [5.41, 5.74) is 1.33. The fraction of sp³-hybridized carbons (Fsp3) is 0.700. The number of aromatic nitrogens is 2. The van der Waals surface area contributed by atoms with Crippen molar-refractivity contribution in [3.63, 3.8) is 0 Å². The van der Waals surface area contributed by atoms with E-state index in [1.165, 1.54) is 0 Å². The van der Waals surface area contributed by atoms with Gasteiger partial charge < -0.3 is 5.11 Å². The molecule has 0 fully saturated rings. The molecule has 16 heavy (non-hydrogen) atoms. The Labute approximate surface area is 94.0 Å². The average Bonchev–Trinajstić information content (AvgIpc) is 2.57. The molecule has 6 nitrogen and oxygen atoms in total. The number of hydrogen-bond donors (Lipinski definition) is 2. The van der Waals surface area contributed by atoms with Crippen LogP contribution in [0, 0.1) is 12.8 Å². The molecule has 1 atom stereocenters. The Morgan fingerprint density at radius 1 is 1.50 bits per heavy atom. The maximum atomic E-state index is 11.0. The Balaban J connectivity index is 2.50. The van der Waals surface area contributed by atoms with E-state index in [9.17, 15) is 4.79 Å². The molecule has 0 saturated heterocycles. The van der Waals surface area contributed by atoms with Crippen LogP contribution in [-0.2, 0) is 11.3 Å². The third-order valence-electron chi connectivity index (χ3n) is 2.27. The van der Waals surface area contributed by atoms with Crippen LogP contribution in [0.3, 0.4) is 0 Å². The standard InChI is InChI=1S/C10H17N3O3/c1-6(2)4-8(10(14)15)11-5-9-7(3)12-16-13-9/h6,8,11H,4-5H2,1-3H3,(H,14,15). The quantitative estimate of drug-likeness (QED) is 0.752. The molecular formula is C10H17N3O3. The van der Waals surface area contributed by atoms with Gasteiger partial charge in [-0.15, -0.1) is 0 Å². The number of hydrogen-bond acceptors (Lipinski definition) is 5. The van der Waals surface area contributed by atoms with Gasteiger partial charge in [0.25, 0.3) is 0 Å². The van der Waals surface area contributed by atoms with Gasteiger partial charge in [0.1, 0.15) is 17.4 Å². The number of aryl methyl sites for hydroxylation is 1. The molecule has 6 heteroatoms. The Morgan fingerprint density at radius 2 is 2.19 bits per heavy atom. The zero-order valence-electron chi connectivity index (χ0n) is 9.73. The summed E-state index contributed by atoms with van der Waals surface area (Å²) < 4.78 is 4.53. The van der Waals surface area contributed by atoms with Gasteiger partial charge >= 0.3 is 5.97 Å². The minimum absolute atomic E-state index is 0.324. The summed E-state index contributed by atoms with van der Waals surface area (Å²) in [5, 5.41) is 19.2. The largest absolute Gasteiger partial charge is 0.480 e. The van der Waals surface area contributed by atoms with Crippen LogP contribution in [0.1, 0.15) is 31.7 Å². The fourth-order valence-corrected chi connectivity index (χ4v) is 1.37. The van der Waals surface area contributed by atoms with Crippen LogP contribution >= 0.6 is 0 Å². The first-order valence-electron chi connectivity index (χ1n) is 5.25. The summed E-state index contributed by atoms with van der Waals surface area (Å²) in [4.78, 5) is 11.0. The minimum Gasteiger partial charge on any atom is -0.480 e. The number of nitrogens with one attached hydrogen (secondary N) is 1. The highest BCUT2D eigenvalue weighted by atomic mass is 16.6. The summed E-state index contributed by atoms with van der Waals surface area (Å²) >= 11 is 0. The molecule has 1 aromatic heterocycles. The van der Waals surface area contributed by atoms with Crippen molar-refractivity contribution in [2.45, 2.75) is 39.8 Å². The highest BCUT2D eigenvalue weighted by Crippen LogP contribution is 2.07. The van der Waals surface area contributed by atoms with Crippen LogP contribution in [0.4, 0.5) is 0 Å². The molecule has 0 aliphatic carbocycles. The van der Waals surface area contributed by atoms with E-state index >= 15 is 0 Å². The van der Waals surface area contributed by atoms with E-state index in [0.29, 0.717) is 30.3 Å². The second-order valence-corrected chi connectivity index (χ2v) is 4.20. The zero-order chi connectivity index (χ0) is 12.1. The molecule has 2 N–H and O–H groups in total. The Kier molecular flexibility index (Phi) is 4.42. The topological polar surface area (TPSA) is 88.3 Å². The van der Waals surface area contributed by atoms with E-state index in [-0.39, 0.29) is 0 Å². The van der Waals surface area contributed by atoms with Gasteiger partial charge in [0.15, 0.2) is 0 Å². The SMILES string of the molecule is Cc1nonc1CNC(CC(C)C)C(=O)O. The summed E-state index contributed by atoms with van der Waals surface area (Å²) in [7, 11) is 0. The van der Waals surface area contributed by atoms with Crippen molar-refractivity contribution in [2.75, 3.05) is 0 Å². The van der Waals surface area contributed by atoms with E-state index in [2.05, 4.69) is 20.3 Å². The number of carboxylic acids is 1. The van der Waals surface area contributed by atoms with Crippen molar-refractivity contribution in [1.82, 2.24) is 15.6 Å². The summed E-state index contributed by atoms with van der Waals surface area (Å²) in [6.07, 6.45) is 0.583. The van der Waals surface area contributed by atoms with Gasteiger partial charge in [-0.1, -0.05) is 24.2 Å². The van der Waals surface area contributed by atoms with Gasteiger partial charge in [0.2, 0.25) is 0 Å². The lowest BCUT2D eigenvalue weighted by molar-refractivity contribution is -0.140. The molecule has 0 spiro atoms. The molecule has 0 aliphatic heterocycles. The second kappa shape index (κ2) is 5.60. The monoisotopic (exact) mass is 227 g/mol. The van der Waals surface area contributed by atoms with Crippen LogP contribution in [0.2, 0.25) is 0 Å². The van der Waals surface area contributed by atoms with Crippen LogP contribution in [-0.4, -0.2) is 27.4 Å². The van der Waals surface area contributed by atoms with Crippen molar-refractivity contribution < 1.29 is 14.5 Å². The first-order valence-corrected chi connectivity index (χ1v) is 5.25. The summed E-state index contributed by atoms with van der Waals surface area (Å²) in [6.45, 7) is 6.10. The van der Waals surface area contributed by atoms with Gasteiger partial charge in [-0.25, -0.2) is 4.63 Å². The fourth-order valence-electron chi connectivity index (χ4n) is 1.37. The Bertz CT molecular complexity index is 349. The molecular weight excluding hydrogens is 210 g/mol. The summed E-state index contributed by atoms with van der Waals surface area (Å²) in [6, 6.07) is -0.559. The van der Waals surface area contributed by atoms with Crippen molar-refractivity contribution in [3.05, 3.63) is 11.4 Å². The number of carbonyl (C=O) groups is 1. The van der Waals surface area contributed by atoms with Crippen LogP contribution in [0.5, 0.6) is 0 Å². The molecule has 0 saturated carbocycles. The maximum Gasteiger partial charge on any atom is 0.320 e. The number of carboxylic acid groups (broad SMARTS) is 1. The number of rotatable bonds is 6. The molecule has 0 amide bonds. The third kappa shape index (κ3) is 3.62. The first-order chi connectivity index (χ1) is 7.50. The molecule has 1 heterocycles. The van der Waals surface area contributed by atoms with E-state index in [0.717, 1.165) is 0 Å². The molecule has 90 valence electrons. The highest BCUT2D eigenvalue weighted by Gasteiger charge is 2.19. The highest BCUT2D eigenvalue weighted by molar-refractivity contribution is 5.73. The molecule has 0 aliphatic rings. The van der Waals surface area contributed by atoms with Crippen LogP contribution in [0.15, 0.2) is 4.63 Å². The van der Waals surface area contributed by atoms with Gasteiger partial charge in [-0.05, 0) is 19.3 Å². The maximum absolute atomic E-state index is 11.0. The molecule has 0 bridgehead atoms. The van der Waals surface area contributed by atoms with Gasteiger partial charge in [0.05, 0.1) is 0 Å². The average molecular weight is 227 g/mol. The smallest absolute Gasteiger partial charge is 0.320 e. The van der Waals surface area contributed by atoms with Gasteiger partial charge in [-0.2, -0.15) is 0 Å². The second-order valence-electron chi connectivity index (χ2n) is 4.20. The number of nitrogens with zero attached hydrogens (tertiary/aromatic N) is 2. The Hall–Kier alpha value is -1.43. The van der Waals surface area contributed by atoms with E-state index in [1.54, 1.807) is 6.92 Å². The normalized spacial score (nSPS) is 13.0. The van der Waals surface area contributed by atoms with E-state index < -0.39 is 12.0 Å². The lowest BCUT2D eigenvalue weighted by Gasteiger charge is -2.15. The van der Waals surface area contributed by atoms with Gasteiger partial charge in [0, 0.05) is 6.54 Å². The minimum atomic E-state index is -0.845. The molecule has 1 rings (SSSR count). The van der Waals surface area contributed by atoms with Crippen molar-refractivity contribution in [1.29, 1.82) is 0 Å². The predicted molar refractivity (Wildman–Crippen MR) is 56.8 cm³/mol. The first kappa shape index (κ1) is 12.6. The summed E-state index contributed by atoms with van der Waals surface area (Å²) in [5.74, 6) is -0.520. The van der Waals surface area contributed by atoms with E-state index in [1.807, 2.05) is 13.8 Å². The Morgan fingerprint density at radius 3 is 2.62 bits per heavy atom. The lowest BCUT2D eigenvalue weighted by atomic mass is 10.0. The van der Waals surface area contributed by atoms with Crippen molar-refractivity contribution in [3.8, 4) is 0 Å². The van der Waals surface area contributed by atoms with Crippen LogP contribution in [0.25, 0.3) is 0 Å². The molecule has 1 unspecified atom stereocenters. The van der Waals surface area contributed by atoms with Crippen molar-refractivity contribution in [2.24, 2.45) is 5.92 Å². The van der Waals surface area contributed by atoms with Gasteiger partial charge in [-0.3, -0.25) is 10.1 Å². The van der Waals surface area contributed by atoms with Crippen LogP contribution < -0.4 is 5.32 Å². The molecule has 0 radical (unpaired) electrons. The third-order valence-corrected chi connectivity index (χ3v) is 2.27. The zero-order valence-corrected chi connectivity index (χ0v) is 9.73. The molecule has 1 aromatic rings. The lowest BCUT2D eigenvalue weighted by Crippen LogP contribution is -2.37. The van der Waals surface area contributed by atoms with E-state index in [4.69, 9.17) is 5.11 Å². The predicted octanol–water partition coefficient (Wildman–Crippen LogP) is 0.967. The molecule has 0 aromatic carbocycles. The van der Waals surface area contributed by atoms with Crippen molar-refractivity contribution >= 4 is 5.97 Å².